The molecule has 0 aliphatic carbocycles. The van der Waals surface area contributed by atoms with E-state index in [-0.39, 0.29) is 12.1 Å². The zero-order valence-electron chi connectivity index (χ0n) is 26.9. The molecule has 0 spiro atoms. The van der Waals surface area contributed by atoms with E-state index in [4.69, 9.17) is 9.84 Å². The van der Waals surface area contributed by atoms with Gasteiger partial charge in [0.15, 0.2) is 0 Å². The molecular formula is C36H68O4. The van der Waals surface area contributed by atoms with E-state index < -0.39 is 5.97 Å². The molecule has 0 bridgehead atoms. The van der Waals surface area contributed by atoms with Crippen LogP contribution < -0.4 is 0 Å². The zero-order valence-corrected chi connectivity index (χ0v) is 26.9. The molecule has 0 aliphatic heterocycles. The van der Waals surface area contributed by atoms with Crippen LogP contribution >= 0.6 is 0 Å². The Hall–Kier alpha value is -1.32. The standard InChI is InChI=1S/C36H68O4/c1-3-5-7-8-9-10-11-12-13-14-15-19-22-25-29-33-36(39)40-34(30-26-6-4-2)31-27-23-20-17-16-18-21-24-28-32-35(37)38/h12-13,34H,3-11,14-33H2,1-2H3,(H,37,38)/b13-12-/t34-/m0/s1. The number of aliphatic carboxylic acids is 1. The van der Waals surface area contributed by atoms with Crippen molar-refractivity contribution in [1.82, 2.24) is 0 Å². The molecule has 0 rings (SSSR count). The Labute approximate surface area is 249 Å². The average molecular weight is 565 g/mol. The largest absolute Gasteiger partial charge is 0.481 e. The summed E-state index contributed by atoms with van der Waals surface area (Å²) in [5.41, 5.74) is 0. The Bertz CT molecular complexity index is 571. The highest BCUT2D eigenvalue weighted by atomic mass is 16.5. The summed E-state index contributed by atoms with van der Waals surface area (Å²) in [7, 11) is 0. The molecule has 4 nitrogen and oxygen atoms in total. The SMILES string of the molecule is CCCCCCCC/C=C\CCCCCCCC(=O)O[C@@H](CCCCC)CCCCCCCCCCCC(=O)O. The predicted molar refractivity (Wildman–Crippen MR) is 172 cm³/mol. The second-order valence-electron chi connectivity index (χ2n) is 12.1. The molecule has 4 heteroatoms. The maximum Gasteiger partial charge on any atom is 0.306 e. The summed E-state index contributed by atoms with van der Waals surface area (Å²) in [6.45, 7) is 4.49. The third-order valence-corrected chi connectivity index (χ3v) is 7.99. The van der Waals surface area contributed by atoms with Crippen LogP contribution in [0.15, 0.2) is 12.2 Å². The molecule has 0 unspecified atom stereocenters. The molecule has 1 atom stereocenters. The lowest BCUT2D eigenvalue weighted by Gasteiger charge is -2.18. The van der Waals surface area contributed by atoms with E-state index in [2.05, 4.69) is 26.0 Å². The van der Waals surface area contributed by atoms with Crippen molar-refractivity contribution in [2.75, 3.05) is 0 Å². The number of allylic oxidation sites excluding steroid dienone is 2. The van der Waals surface area contributed by atoms with Crippen LogP contribution in [0.1, 0.15) is 200 Å². The third kappa shape index (κ3) is 31.2. The molecule has 0 radical (unpaired) electrons. The number of esters is 1. The Morgan fingerprint density at radius 2 is 0.900 bits per heavy atom. The van der Waals surface area contributed by atoms with Crippen molar-refractivity contribution in [3.05, 3.63) is 12.2 Å². The van der Waals surface area contributed by atoms with Crippen molar-refractivity contribution in [3.63, 3.8) is 0 Å². The van der Waals surface area contributed by atoms with Crippen LogP contribution in [0, 0.1) is 0 Å². The molecule has 1 N–H and O–H groups in total. The number of hydrogen-bond acceptors (Lipinski definition) is 3. The number of carboxylic acid groups (broad SMARTS) is 1. The molecule has 0 aromatic rings. The zero-order chi connectivity index (χ0) is 29.4. The number of carboxylic acids is 1. The van der Waals surface area contributed by atoms with Gasteiger partial charge in [0, 0.05) is 12.8 Å². The maximum atomic E-state index is 12.5. The second kappa shape index (κ2) is 32.2. The lowest BCUT2D eigenvalue weighted by molar-refractivity contribution is -0.150. The number of hydrogen-bond donors (Lipinski definition) is 1. The molecule has 0 amide bonds. The molecule has 0 saturated heterocycles. The molecule has 0 aromatic heterocycles. The van der Waals surface area contributed by atoms with E-state index in [1.807, 2.05) is 0 Å². The fraction of sp³-hybridized carbons (Fsp3) is 0.889. The number of carbonyl (C=O) groups is 2. The summed E-state index contributed by atoms with van der Waals surface area (Å²) < 4.78 is 5.93. The van der Waals surface area contributed by atoms with Crippen LogP contribution in [-0.2, 0) is 14.3 Å². The number of carbonyl (C=O) groups excluding carboxylic acids is 1. The van der Waals surface area contributed by atoms with E-state index in [0.717, 1.165) is 57.8 Å². The van der Waals surface area contributed by atoms with Gasteiger partial charge in [-0.3, -0.25) is 9.59 Å². The minimum Gasteiger partial charge on any atom is -0.481 e. The second-order valence-corrected chi connectivity index (χ2v) is 12.1. The smallest absolute Gasteiger partial charge is 0.306 e. The average Bonchev–Trinajstić information content (AvgIpc) is 2.93. The van der Waals surface area contributed by atoms with Crippen LogP contribution in [0.25, 0.3) is 0 Å². The summed E-state index contributed by atoms with van der Waals surface area (Å²) in [4.78, 5) is 23.0. The van der Waals surface area contributed by atoms with E-state index in [9.17, 15) is 9.59 Å². The minimum absolute atomic E-state index is 0.0158. The van der Waals surface area contributed by atoms with Gasteiger partial charge < -0.3 is 9.84 Å². The van der Waals surface area contributed by atoms with Crippen LogP contribution in [0.2, 0.25) is 0 Å². The van der Waals surface area contributed by atoms with Crippen molar-refractivity contribution < 1.29 is 19.4 Å². The van der Waals surface area contributed by atoms with Gasteiger partial charge in [-0.25, -0.2) is 0 Å². The van der Waals surface area contributed by atoms with Gasteiger partial charge in [0.2, 0.25) is 0 Å². The Kier molecular flexibility index (Phi) is 31.1. The first kappa shape index (κ1) is 38.7. The monoisotopic (exact) mass is 565 g/mol. The summed E-state index contributed by atoms with van der Waals surface area (Å²) in [5.74, 6) is -0.663. The predicted octanol–water partition coefficient (Wildman–Crippen LogP) is 11.9. The van der Waals surface area contributed by atoms with Gasteiger partial charge >= 0.3 is 11.9 Å². The van der Waals surface area contributed by atoms with Crippen LogP contribution in [-0.4, -0.2) is 23.1 Å². The Balaban J connectivity index is 3.76. The first-order valence-electron chi connectivity index (χ1n) is 17.7. The maximum absolute atomic E-state index is 12.5. The fourth-order valence-corrected chi connectivity index (χ4v) is 5.35. The highest BCUT2D eigenvalue weighted by Gasteiger charge is 2.14. The van der Waals surface area contributed by atoms with Crippen LogP contribution in [0.3, 0.4) is 0 Å². The van der Waals surface area contributed by atoms with E-state index in [1.165, 1.54) is 116 Å². The van der Waals surface area contributed by atoms with Gasteiger partial charge in [0.1, 0.15) is 6.10 Å². The minimum atomic E-state index is -0.679. The first-order valence-corrected chi connectivity index (χ1v) is 17.7. The molecular weight excluding hydrogens is 496 g/mol. The Morgan fingerprint density at radius 3 is 1.40 bits per heavy atom. The highest BCUT2D eigenvalue weighted by Crippen LogP contribution is 2.18. The molecule has 0 aliphatic rings. The quantitative estimate of drug-likeness (QED) is 0.0501. The van der Waals surface area contributed by atoms with E-state index >= 15 is 0 Å². The lowest BCUT2D eigenvalue weighted by atomic mass is 10.0. The van der Waals surface area contributed by atoms with Crippen molar-refractivity contribution in [2.45, 2.75) is 206 Å². The molecule has 0 aromatic carbocycles. The Morgan fingerprint density at radius 1 is 0.525 bits per heavy atom. The fourth-order valence-electron chi connectivity index (χ4n) is 5.35. The van der Waals surface area contributed by atoms with Crippen LogP contribution in [0.5, 0.6) is 0 Å². The van der Waals surface area contributed by atoms with Gasteiger partial charge in [0.25, 0.3) is 0 Å². The van der Waals surface area contributed by atoms with Gasteiger partial charge in [-0.2, -0.15) is 0 Å². The summed E-state index contributed by atoms with van der Waals surface area (Å²) in [5, 5.41) is 8.68. The van der Waals surface area contributed by atoms with Crippen molar-refractivity contribution >= 4 is 11.9 Å². The van der Waals surface area contributed by atoms with Crippen molar-refractivity contribution in [1.29, 1.82) is 0 Å². The van der Waals surface area contributed by atoms with Crippen molar-refractivity contribution in [3.8, 4) is 0 Å². The topological polar surface area (TPSA) is 63.6 Å². The molecule has 0 heterocycles. The summed E-state index contributed by atoms with van der Waals surface area (Å²) in [6, 6.07) is 0. The van der Waals surface area contributed by atoms with E-state index in [0.29, 0.717) is 12.8 Å². The van der Waals surface area contributed by atoms with Crippen molar-refractivity contribution in [2.24, 2.45) is 0 Å². The van der Waals surface area contributed by atoms with Gasteiger partial charge in [-0.15, -0.1) is 0 Å². The molecule has 0 saturated carbocycles. The number of unbranched alkanes of at least 4 members (excludes halogenated alkanes) is 21. The molecule has 40 heavy (non-hydrogen) atoms. The third-order valence-electron chi connectivity index (χ3n) is 7.99. The summed E-state index contributed by atoms with van der Waals surface area (Å²) in [6.07, 6.45) is 38.2. The summed E-state index contributed by atoms with van der Waals surface area (Å²) >= 11 is 0. The highest BCUT2D eigenvalue weighted by molar-refractivity contribution is 5.69. The number of ether oxygens (including phenoxy) is 1. The normalized spacial score (nSPS) is 12.2. The molecule has 0 fully saturated rings. The first-order chi connectivity index (χ1) is 19.6. The van der Waals surface area contributed by atoms with E-state index in [1.54, 1.807) is 0 Å². The van der Waals surface area contributed by atoms with Crippen LogP contribution in [0.4, 0.5) is 0 Å². The molecule has 236 valence electrons. The van der Waals surface area contributed by atoms with Gasteiger partial charge in [-0.1, -0.05) is 135 Å². The van der Waals surface area contributed by atoms with Gasteiger partial charge in [-0.05, 0) is 64.2 Å². The van der Waals surface area contributed by atoms with Gasteiger partial charge in [0.05, 0.1) is 0 Å². The number of rotatable bonds is 32. The lowest BCUT2D eigenvalue weighted by Crippen LogP contribution is -2.18.